The zero-order valence-electron chi connectivity index (χ0n) is 9.20. The Morgan fingerprint density at radius 1 is 1.50 bits per heavy atom. The lowest BCUT2D eigenvalue weighted by molar-refractivity contribution is 0.00629. The maximum absolute atomic E-state index is 8.60. The maximum atomic E-state index is 8.60. The first kappa shape index (κ1) is 11.5. The van der Waals surface area contributed by atoms with Gasteiger partial charge in [0.25, 0.3) is 0 Å². The number of nitrogens with zero attached hydrogens (tertiary/aromatic N) is 2. The van der Waals surface area contributed by atoms with Crippen LogP contribution in [0, 0.1) is 11.3 Å². The van der Waals surface area contributed by atoms with Crippen molar-refractivity contribution in [3.8, 4) is 6.07 Å². The minimum atomic E-state index is 0.405. The fraction of sp³-hybridized carbons (Fsp3) is 0.909. The Labute approximate surface area is 86.6 Å². The highest BCUT2D eigenvalue weighted by Gasteiger charge is 2.22. The van der Waals surface area contributed by atoms with Crippen LogP contribution in [-0.2, 0) is 4.74 Å². The molecule has 0 amide bonds. The molecule has 0 aromatic carbocycles. The van der Waals surface area contributed by atoms with Gasteiger partial charge in [-0.25, -0.2) is 0 Å². The van der Waals surface area contributed by atoms with Crippen molar-refractivity contribution in [2.75, 3.05) is 19.7 Å². The van der Waals surface area contributed by atoms with E-state index in [1.165, 1.54) is 0 Å². The smallest absolute Gasteiger partial charge is 0.0638 e. The molecule has 0 aromatic heterocycles. The fourth-order valence-electron chi connectivity index (χ4n) is 1.98. The standard InChI is InChI=1S/C11H20N2O/c1-3-14-11-5-8-13(9-6-11)10(2)4-7-12/h10-11H,3-6,8-9H2,1-2H3. The number of hydrogen-bond acceptors (Lipinski definition) is 3. The molecule has 0 aliphatic carbocycles. The largest absolute Gasteiger partial charge is 0.378 e. The van der Waals surface area contributed by atoms with Crippen LogP contribution in [0.25, 0.3) is 0 Å². The molecule has 0 bridgehead atoms. The van der Waals surface area contributed by atoms with Crippen molar-refractivity contribution in [2.45, 2.75) is 45.3 Å². The van der Waals surface area contributed by atoms with Crippen molar-refractivity contribution in [3.63, 3.8) is 0 Å². The molecule has 14 heavy (non-hydrogen) atoms. The van der Waals surface area contributed by atoms with Gasteiger partial charge in [0.2, 0.25) is 0 Å². The number of likely N-dealkylation sites (tertiary alicyclic amines) is 1. The van der Waals surface area contributed by atoms with Crippen molar-refractivity contribution in [2.24, 2.45) is 0 Å². The van der Waals surface area contributed by atoms with E-state index in [-0.39, 0.29) is 0 Å². The molecular formula is C11H20N2O. The third-order valence-corrected chi connectivity index (χ3v) is 2.89. The van der Waals surface area contributed by atoms with Crippen molar-refractivity contribution in [3.05, 3.63) is 0 Å². The second-order valence-corrected chi connectivity index (χ2v) is 3.90. The van der Waals surface area contributed by atoms with Gasteiger partial charge in [0.1, 0.15) is 0 Å². The van der Waals surface area contributed by atoms with Crippen LogP contribution in [0.2, 0.25) is 0 Å². The summed E-state index contributed by atoms with van der Waals surface area (Å²) in [6, 6.07) is 2.63. The van der Waals surface area contributed by atoms with Gasteiger partial charge in [-0.05, 0) is 26.7 Å². The molecule has 0 radical (unpaired) electrons. The molecule has 1 unspecified atom stereocenters. The molecular weight excluding hydrogens is 176 g/mol. The lowest BCUT2D eigenvalue weighted by Crippen LogP contribution is -2.42. The van der Waals surface area contributed by atoms with Gasteiger partial charge in [-0.1, -0.05) is 0 Å². The zero-order chi connectivity index (χ0) is 10.4. The Bertz CT molecular complexity index is 192. The van der Waals surface area contributed by atoms with Crippen molar-refractivity contribution >= 4 is 0 Å². The van der Waals surface area contributed by atoms with Crippen molar-refractivity contribution in [1.29, 1.82) is 5.26 Å². The van der Waals surface area contributed by atoms with Gasteiger partial charge in [0, 0.05) is 25.7 Å². The summed E-state index contributed by atoms with van der Waals surface area (Å²) in [5, 5.41) is 8.60. The Morgan fingerprint density at radius 2 is 2.14 bits per heavy atom. The van der Waals surface area contributed by atoms with E-state index in [4.69, 9.17) is 10.00 Å². The molecule has 0 saturated carbocycles. The molecule has 1 rings (SSSR count). The molecule has 1 saturated heterocycles. The first-order chi connectivity index (χ1) is 6.77. The molecule has 1 atom stereocenters. The topological polar surface area (TPSA) is 36.3 Å². The van der Waals surface area contributed by atoms with E-state index in [0.29, 0.717) is 18.6 Å². The summed E-state index contributed by atoms with van der Waals surface area (Å²) in [6.07, 6.45) is 3.32. The number of nitriles is 1. The third kappa shape index (κ3) is 3.28. The Morgan fingerprint density at radius 3 is 2.64 bits per heavy atom. The van der Waals surface area contributed by atoms with E-state index >= 15 is 0 Å². The lowest BCUT2D eigenvalue weighted by Gasteiger charge is -2.34. The second kappa shape index (κ2) is 6.00. The highest BCUT2D eigenvalue weighted by atomic mass is 16.5. The molecule has 0 N–H and O–H groups in total. The first-order valence-corrected chi connectivity index (χ1v) is 5.50. The summed E-state index contributed by atoms with van der Waals surface area (Å²) in [5.74, 6) is 0. The van der Waals surface area contributed by atoms with Gasteiger partial charge in [-0.15, -0.1) is 0 Å². The van der Waals surface area contributed by atoms with Gasteiger partial charge < -0.3 is 4.74 Å². The van der Waals surface area contributed by atoms with Crippen molar-refractivity contribution < 1.29 is 4.74 Å². The summed E-state index contributed by atoms with van der Waals surface area (Å²) in [5.41, 5.74) is 0. The molecule has 3 heteroatoms. The number of ether oxygens (including phenoxy) is 1. The van der Waals surface area contributed by atoms with Gasteiger partial charge in [0.15, 0.2) is 0 Å². The summed E-state index contributed by atoms with van der Waals surface area (Å²) in [7, 11) is 0. The number of hydrogen-bond donors (Lipinski definition) is 0. The van der Waals surface area contributed by atoms with Crippen LogP contribution in [-0.4, -0.2) is 36.7 Å². The second-order valence-electron chi connectivity index (χ2n) is 3.90. The van der Waals surface area contributed by atoms with Crippen LogP contribution in [0.3, 0.4) is 0 Å². The Kier molecular flexibility index (Phi) is 4.92. The minimum Gasteiger partial charge on any atom is -0.378 e. The Balaban J connectivity index is 2.25. The van der Waals surface area contributed by atoms with Crippen LogP contribution in [0.1, 0.15) is 33.1 Å². The van der Waals surface area contributed by atoms with Crippen LogP contribution < -0.4 is 0 Å². The molecule has 80 valence electrons. The monoisotopic (exact) mass is 196 g/mol. The first-order valence-electron chi connectivity index (χ1n) is 5.50. The summed E-state index contributed by atoms with van der Waals surface area (Å²) < 4.78 is 5.58. The maximum Gasteiger partial charge on any atom is 0.0638 e. The van der Waals surface area contributed by atoms with Crippen LogP contribution in [0.4, 0.5) is 0 Å². The van der Waals surface area contributed by atoms with Crippen LogP contribution >= 0.6 is 0 Å². The average Bonchev–Trinajstić information content (AvgIpc) is 2.20. The van der Waals surface area contributed by atoms with Gasteiger partial charge in [0.05, 0.1) is 18.6 Å². The number of piperidine rings is 1. The average molecular weight is 196 g/mol. The third-order valence-electron chi connectivity index (χ3n) is 2.89. The summed E-state index contributed by atoms with van der Waals surface area (Å²) in [4.78, 5) is 2.39. The van der Waals surface area contributed by atoms with E-state index in [2.05, 4.69) is 17.9 Å². The van der Waals surface area contributed by atoms with E-state index < -0.39 is 0 Å². The Hall–Kier alpha value is -0.590. The molecule has 1 aliphatic rings. The van der Waals surface area contributed by atoms with Crippen LogP contribution in [0.15, 0.2) is 0 Å². The molecule has 1 heterocycles. The summed E-state index contributed by atoms with van der Waals surface area (Å²) >= 11 is 0. The zero-order valence-corrected chi connectivity index (χ0v) is 9.20. The summed E-state index contributed by atoms with van der Waals surface area (Å²) in [6.45, 7) is 7.15. The normalized spacial score (nSPS) is 21.8. The van der Waals surface area contributed by atoms with Gasteiger partial charge in [-0.3, -0.25) is 4.90 Å². The van der Waals surface area contributed by atoms with E-state index in [1.54, 1.807) is 0 Å². The number of rotatable bonds is 4. The van der Waals surface area contributed by atoms with E-state index in [9.17, 15) is 0 Å². The lowest BCUT2D eigenvalue weighted by atomic mass is 10.1. The predicted molar refractivity (Wildman–Crippen MR) is 55.9 cm³/mol. The van der Waals surface area contributed by atoms with Crippen molar-refractivity contribution in [1.82, 2.24) is 4.90 Å². The minimum absolute atomic E-state index is 0.405. The SMILES string of the molecule is CCOC1CCN(C(C)CC#N)CC1. The van der Waals surface area contributed by atoms with Crippen LogP contribution in [0.5, 0.6) is 0 Å². The highest BCUT2D eigenvalue weighted by Crippen LogP contribution is 2.16. The fourth-order valence-corrected chi connectivity index (χ4v) is 1.98. The predicted octanol–water partition coefficient (Wildman–Crippen LogP) is 1.79. The highest BCUT2D eigenvalue weighted by molar-refractivity contribution is 4.83. The molecule has 0 spiro atoms. The van der Waals surface area contributed by atoms with E-state index in [1.807, 2.05) is 6.92 Å². The molecule has 3 nitrogen and oxygen atoms in total. The molecule has 1 aliphatic heterocycles. The van der Waals surface area contributed by atoms with Gasteiger partial charge >= 0.3 is 0 Å². The molecule has 1 fully saturated rings. The molecule has 0 aromatic rings. The van der Waals surface area contributed by atoms with Gasteiger partial charge in [-0.2, -0.15) is 5.26 Å². The van der Waals surface area contributed by atoms with E-state index in [0.717, 1.165) is 32.5 Å². The quantitative estimate of drug-likeness (QED) is 0.687.